The van der Waals surface area contributed by atoms with Gasteiger partial charge in [0.15, 0.2) is 0 Å². The van der Waals surface area contributed by atoms with E-state index in [9.17, 15) is 4.79 Å². The molecule has 1 rings (SSSR count). The number of amides is 1. The number of anilines is 1. The van der Waals surface area contributed by atoms with Crippen LogP contribution < -0.4 is 5.32 Å². The Bertz CT molecular complexity index is 353. The van der Waals surface area contributed by atoms with Crippen LogP contribution in [0.3, 0.4) is 0 Å². The van der Waals surface area contributed by atoms with Crippen LogP contribution in [0.25, 0.3) is 0 Å². The van der Waals surface area contributed by atoms with Gasteiger partial charge in [0, 0.05) is 6.08 Å². The maximum Gasteiger partial charge on any atom is 0.248 e. The fourth-order valence-electron chi connectivity index (χ4n) is 0.890. The number of allylic oxidation sites excluding steroid dienone is 1. The van der Waals surface area contributed by atoms with E-state index in [1.54, 1.807) is 12.1 Å². The zero-order valence-corrected chi connectivity index (χ0v) is 8.80. The van der Waals surface area contributed by atoms with Gasteiger partial charge in [0.25, 0.3) is 0 Å². The van der Waals surface area contributed by atoms with E-state index in [0.29, 0.717) is 10.8 Å². The van der Waals surface area contributed by atoms with Crippen LogP contribution in [0.2, 0.25) is 5.15 Å². The average Bonchev–Trinajstić information content (AvgIpc) is 2.07. The maximum absolute atomic E-state index is 11.3. The lowest BCUT2D eigenvalue weighted by Gasteiger charge is -2.01. The van der Waals surface area contributed by atoms with Crippen molar-refractivity contribution in [2.45, 2.75) is 13.8 Å². The van der Waals surface area contributed by atoms with Crippen LogP contribution in [0.15, 0.2) is 30.0 Å². The molecule has 0 spiro atoms. The number of hydrogen-bond acceptors (Lipinski definition) is 2. The van der Waals surface area contributed by atoms with Crippen LogP contribution in [-0.4, -0.2) is 10.9 Å². The Morgan fingerprint density at radius 2 is 2.21 bits per heavy atom. The Morgan fingerprint density at radius 1 is 1.50 bits per heavy atom. The highest BCUT2D eigenvalue weighted by Crippen LogP contribution is 2.09. The van der Waals surface area contributed by atoms with Gasteiger partial charge in [-0.25, -0.2) is 4.98 Å². The molecule has 0 aliphatic carbocycles. The number of nitrogens with one attached hydrogen (secondary N) is 1. The molecule has 3 nitrogen and oxygen atoms in total. The van der Waals surface area contributed by atoms with Gasteiger partial charge in [0.2, 0.25) is 5.91 Å². The van der Waals surface area contributed by atoms with Crippen LogP contribution >= 0.6 is 11.6 Å². The Balaban J connectivity index is 2.66. The number of nitrogens with zero attached hydrogens (tertiary/aromatic N) is 1. The summed E-state index contributed by atoms with van der Waals surface area (Å²) in [4.78, 5) is 15.1. The van der Waals surface area contributed by atoms with Gasteiger partial charge in [-0.15, -0.1) is 0 Å². The molecule has 1 N–H and O–H groups in total. The van der Waals surface area contributed by atoms with E-state index in [-0.39, 0.29) is 5.91 Å². The molecular weight excluding hydrogens is 200 g/mol. The van der Waals surface area contributed by atoms with Gasteiger partial charge in [0.1, 0.15) is 5.15 Å². The van der Waals surface area contributed by atoms with Crippen molar-refractivity contribution < 1.29 is 4.79 Å². The molecule has 0 aromatic carbocycles. The van der Waals surface area contributed by atoms with Crippen LogP contribution in [0.5, 0.6) is 0 Å². The van der Waals surface area contributed by atoms with Gasteiger partial charge in [-0.2, -0.15) is 0 Å². The van der Waals surface area contributed by atoms with Crippen molar-refractivity contribution in [3.8, 4) is 0 Å². The molecule has 0 atom stereocenters. The molecule has 1 aromatic rings. The summed E-state index contributed by atoms with van der Waals surface area (Å²) in [7, 11) is 0. The lowest BCUT2D eigenvalue weighted by Crippen LogP contribution is -2.08. The summed E-state index contributed by atoms with van der Waals surface area (Å²) in [5.41, 5.74) is 1.58. The van der Waals surface area contributed by atoms with Crippen molar-refractivity contribution in [3.63, 3.8) is 0 Å². The second kappa shape index (κ2) is 4.77. The molecule has 0 saturated heterocycles. The third-order valence-electron chi connectivity index (χ3n) is 1.41. The van der Waals surface area contributed by atoms with Crippen LogP contribution in [-0.2, 0) is 4.79 Å². The van der Waals surface area contributed by atoms with Gasteiger partial charge in [-0.05, 0) is 26.0 Å². The molecule has 0 aliphatic rings. The largest absolute Gasteiger partial charge is 0.321 e. The predicted molar refractivity (Wildman–Crippen MR) is 57.3 cm³/mol. The quantitative estimate of drug-likeness (QED) is 0.602. The van der Waals surface area contributed by atoms with Crippen molar-refractivity contribution in [2.75, 3.05) is 5.32 Å². The summed E-state index contributed by atoms with van der Waals surface area (Å²) in [5, 5.41) is 3.07. The van der Waals surface area contributed by atoms with Crippen LogP contribution in [0.4, 0.5) is 5.69 Å². The summed E-state index contributed by atoms with van der Waals surface area (Å²) in [6.07, 6.45) is 3.04. The number of hydrogen-bond donors (Lipinski definition) is 1. The molecule has 1 aromatic heterocycles. The standard InChI is InChI=1S/C10H11ClN2O/c1-7(2)5-10(14)13-8-3-4-9(11)12-6-8/h3-6H,1-2H3,(H,13,14). The van der Waals surface area contributed by atoms with Crippen molar-refractivity contribution in [1.29, 1.82) is 0 Å². The highest BCUT2D eigenvalue weighted by Gasteiger charge is 1.98. The van der Waals surface area contributed by atoms with E-state index < -0.39 is 0 Å². The number of carbonyl (C=O) groups is 1. The first kappa shape index (κ1) is 10.7. The highest BCUT2D eigenvalue weighted by atomic mass is 35.5. The Kier molecular flexibility index (Phi) is 3.65. The van der Waals surface area contributed by atoms with Gasteiger partial charge in [0.05, 0.1) is 11.9 Å². The summed E-state index contributed by atoms with van der Waals surface area (Å²) >= 11 is 5.60. The molecule has 0 aliphatic heterocycles. The van der Waals surface area contributed by atoms with E-state index >= 15 is 0 Å². The lowest BCUT2D eigenvalue weighted by molar-refractivity contribution is -0.111. The molecular formula is C10H11ClN2O. The first-order valence-corrected chi connectivity index (χ1v) is 4.53. The zero-order valence-electron chi connectivity index (χ0n) is 8.04. The summed E-state index contributed by atoms with van der Waals surface area (Å²) < 4.78 is 0. The van der Waals surface area contributed by atoms with E-state index in [1.807, 2.05) is 13.8 Å². The lowest BCUT2D eigenvalue weighted by atomic mass is 10.3. The Hall–Kier alpha value is -1.35. The van der Waals surface area contributed by atoms with Crippen molar-refractivity contribution >= 4 is 23.2 Å². The average molecular weight is 211 g/mol. The van der Waals surface area contributed by atoms with Crippen molar-refractivity contribution in [1.82, 2.24) is 4.98 Å². The van der Waals surface area contributed by atoms with Crippen LogP contribution in [0, 0.1) is 0 Å². The molecule has 4 heteroatoms. The van der Waals surface area contributed by atoms with Crippen LogP contribution in [0.1, 0.15) is 13.8 Å². The molecule has 74 valence electrons. The molecule has 14 heavy (non-hydrogen) atoms. The SMILES string of the molecule is CC(C)=CC(=O)Nc1ccc(Cl)nc1. The molecule has 1 heterocycles. The number of aromatic nitrogens is 1. The second-order valence-corrected chi connectivity index (χ2v) is 3.47. The topological polar surface area (TPSA) is 42.0 Å². The molecule has 0 fully saturated rings. The van der Waals surface area contributed by atoms with Gasteiger partial charge in [-0.3, -0.25) is 4.79 Å². The van der Waals surface area contributed by atoms with Gasteiger partial charge >= 0.3 is 0 Å². The minimum Gasteiger partial charge on any atom is -0.321 e. The van der Waals surface area contributed by atoms with Gasteiger partial charge < -0.3 is 5.32 Å². The van der Waals surface area contributed by atoms with Gasteiger partial charge in [-0.1, -0.05) is 17.2 Å². The Morgan fingerprint density at radius 3 is 2.71 bits per heavy atom. The predicted octanol–water partition coefficient (Wildman–Crippen LogP) is 2.64. The number of carbonyl (C=O) groups excluding carboxylic acids is 1. The van der Waals surface area contributed by atoms with E-state index in [2.05, 4.69) is 10.3 Å². The molecule has 0 saturated carbocycles. The third kappa shape index (κ3) is 3.58. The molecule has 1 amide bonds. The van der Waals surface area contributed by atoms with E-state index in [0.717, 1.165) is 5.57 Å². The minimum atomic E-state index is -0.158. The summed E-state index contributed by atoms with van der Waals surface area (Å²) in [6, 6.07) is 3.33. The molecule has 0 unspecified atom stereocenters. The minimum absolute atomic E-state index is 0.158. The summed E-state index contributed by atoms with van der Waals surface area (Å²) in [6.45, 7) is 3.72. The first-order chi connectivity index (χ1) is 6.58. The number of halogens is 1. The normalized spacial score (nSPS) is 9.36. The first-order valence-electron chi connectivity index (χ1n) is 4.15. The third-order valence-corrected chi connectivity index (χ3v) is 1.64. The van der Waals surface area contributed by atoms with E-state index in [4.69, 9.17) is 11.6 Å². The van der Waals surface area contributed by atoms with E-state index in [1.165, 1.54) is 12.3 Å². The molecule has 0 radical (unpaired) electrons. The fourth-order valence-corrected chi connectivity index (χ4v) is 1.00. The second-order valence-electron chi connectivity index (χ2n) is 3.08. The van der Waals surface area contributed by atoms with Crippen molar-refractivity contribution in [2.24, 2.45) is 0 Å². The fraction of sp³-hybridized carbons (Fsp3) is 0.200. The summed E-state index contributed by atoms with van der Waals surface area (Å²) in [5.74, 6) is -0.158. The molecule has 0 bridgehead atoms. The zero-order chi connectivity index (χ0) is 10.6. The monoisotopic (exact) mass is 210 g/mol. The Labute approximate surface area is 87.8 Å². The van der Waals surface area contributed by atoms with Crippen molar-refractivity contribution in [3.05, 3.63) is 35.1 Å². The number of rotatable bonds is 2. The smallest absolute Gasteiger partial charge is 0.248 e. The maximum atomic E-state index is 11.3. The highest BCUT2D eigenvalue weighted by molar-refractivity contribution is 6.29. The number of pyridine rings is 1.